The third-order valence-electron chi connectivity index (χ3n) is 4.18. The Balaban J connectivity index is 1.57. The van der Waals surface area contributed by atoms with Gasteiger partial charge < -0.3 is 14.2 Å². The van der Waals surface area contributed by atoms with Crippen LogP contribution >= 0.6 is 0 Å². The number of hydrogen-bond acceptors (Lipinski definition) is 8. The summed E-state index contributed by atoms with van der Waals surface area (Å²) in [6.45, 7) is -0.680. The number of carbonyl (C=O) groups excluding carboxylic acids is 3. The van der Waals surface area contributed by atoms with Crippen LogP contribution in [0.2, 0.25) is 0 Å². The number of nitrogens with zero attached hydrogens (tertiary/aromatic N) is 1. The van der Waals surface area contributed by atoms with E-state index in [9.17, 15) is 19.2 Å². The average molecular weight is 426 g/mol. The minimum absolute atomic E-state index is 0.141. The van der Waals surface area contributed by atoms with Gasteiger partial charge in [0.1, 0.15) is 0 Å². The number of aromatic amines is 1. The fraction of sp³-hybridized carbons (Fsp3) is 0.150. The van der Waals surface area contributed by atoms with Gasteiger partial charge in [-0.25, -0.2) is 9.89 Å². The Labute approximate surface area is 175 Å². The molecule has 2 amide bonds. The molecule has 1 aromatic heterocycles. The number of fused-ring (bicyclic) bond motifs is 1. The largest absolute Gasteiger partial charge is 0.493 e. The van der Waals surface area contributed by atoms with Crippen molar-refractivity contribution in [2.75, 3.05) is 20.8 Å². The summed E-state index contributed by atoms with van der Waals surface area (Å²) in [7, 11) is 2.89. The zero-order valence-corrected chi connectivity index (χ0v) is 16.6. The molecule has 2 aromatic carbocycles. The van der Waals surface area contributed by atoms with Crippen molar-refractivity contribution in [1.82, 2.24) is 21.0 Å². The third-order valence-corrected chi connectivity index (χ3v) is 4.18. The molecule has 3 N–H and O–H groups in total. The van der Waals surface area contributed by atoms with Crippen LogP contribution in [-0.4, -0.2) is 48.8 Å². The molecule has 0 saturated heterocycles. The molecule has 0 spiro atoms. The van der Waals surface area contributed by atoms with Gasteiger partial charge in [-0.15, -0.1) is 0 Å². The minimum Gasteiger partial charge on any atom is -0.493 e. The Morgan fingerprint density at radius 3 is 2.39 bits per heavy atom. The number of rotatable bonds is 6. The fourth-order valence-corrected chi connectivity index (χ4v) is 2.68. The predicted octanol–water partition coefficient (Wildman–Crippen LogP) is 0.558. The Morgan fingerprint density at radius 1 is 0.968 bits per heavy atom. The van der Waals surface area contributed by atoms with Crippen molar-refractivity contribution in [3.05, 3.63) is 64.1 Å². The average Bonchev–Trinajstić information content (AvgIpc) is 2.80. The van der Waals surface area contributed by atoms with Crippen LogP contribution in [0.1, 0.15) is 20.8 Å². The van der Waals surface area contributed by atoms with Gasteiger partial charge >= 0.3 is 5.97 Å². The molecule has 0 atom stereocenters. The van der Waals surface area contributed by atoms with E-state index in [0.717, 1.165) is 0 Å². The normalized spacial score (nSPS) is 10.3. The molecule has 1 heterocycles. The molecule has 11 nitrogen and oxygen atoms in total. The minimum atomic E-state index is -0.909. The molecule has 0 saturated carbocycles. The first-order valence-electron chi connectivity index (χ1n) is 8.90. The van der Waals surface area contributed by atoms with Crippen molar-refractivity contribution in [1.29, 1.82) is 0 Å². The number of nitrogens with one attached hydrogen (secondary N) is 3. The molecular formula is C20H18N4O7. The number of H-pyrrole nitrogens is 1. The van der Waals surface area contributed by atoms with Gasteiger partial charge in [0.05, 0.1) is 19.6 Å². The number of carbonyl (C=O) groups is 3. The van der Waals surface area contributed by atoms with E-state index in [1.807, 2.05) is 0 Å². The van der Waals surface area contributed by atoms with E-state index < -0.39 is 29.9 Å². The van der Waals surface area contributed by atoms with E-state index >= 15 is 0 Å². The van der Waals surface area contributed by atoms with E-state index in [4.69, 9.17) is 14.2 Å². The lowest BCUT2D eigenvalue weighted by atomic mass is 10.1. The van der Waals surface area contributed by atoms with E-state index in [-0.39, 0.29) is 16.6 Å². The second-order valence-corrected chi connectivity index (χ2v) is 6.10. The van der Waals surface area contributed by atoms with Gasteiger partial charge in [-0.3, -0.25) is 25.2 Å². The van der Waals surface area contributed by atoms with Crippen LogP contribution in [-0.2, 0) is 9.53 Å². The van der Waals surface area contributed by atoms with Crippen molar-refractivity contribution in [3.63, 3.8) is 0 Å². The van der Waals surface area contributed by atoms with Crippen LogP contribution in [0.3, 0.4) is 0 Å². The highest BCUT2D eigenvalue weighted by atomic mass is 16.5. The second kappa shape index (κ2) is 9.39. The summed E-state index contributed by atoms with van der Waals surface area (Å²) in [5.74, 6) is -1.52. The maximum atomic E-state index is 12.3. The number of esters is 1. The summed E-state index contributed by atoms with van der Waals surface area (Å²) in [4.78, 5) is 48.1. The van der Waals surface area contributed by atoms with Crippen LogP contribution in [0.15, 0.2) is 47.3 Å². The highest BCUT2D eigenvalue weighted by Gasteiger charge is 2.17. The highest BCUT2D eigenvalue weighted by molar-refractivity contribution is 6.02. The first-order chi connectivity index (χ1) is 14.9. The van der Waals surface area contributed by atoms with Crippen LogP contribution in [0.4, 0.5) is 0 Å². The molecule has 0 unspecified atom stereocenters. The van der Waals surface area contributed by atoms with Crippen molar-refractivity contribution in [2.45, 2.75) is 0 Å². The van der Waals surface area contributed by atoms with Crippen LogP contribution in [0, 0.1) is 0 Å². The fourth-order valence-electron chi connectivity index (χ4n) is 2.68. The molecule has 11 heteroatoms. The quantitative estimate of drug-likeness (QED) is 0.382. The first-order valence-corrected chi connectivity index (χ1v) is 8.90. The molecule has 0 bridgehead atoms. The molecule has 0 radical (unpaired) electrons. The number of methoxy groups -OCH3 is 2. The first kappa shape index (κ1) is 21.3. The Bertz CT molecular complexity index is 1210. The van der Waals surface area contributed by atoms with Crippen molar-refractivity contribution in [2.24, 2.45) is 0 Å². The van der Waals surface area contributed by atoms with E-state index in [0.29, 0.717) is 16.9 Å². The van der Waals surface area contributed by atoms with E-state index in [1.54, 1.807) is 18.2 Å². The van der Waals surface area contributed by atoms with Crippen LogP contribution < -0.4 is 25.9 Å². The summed E-state index contributed by atoms with van der Waals surface area (Å²) >= 11 is 0. The van der Waals surface area contributed by atoms with Crippen molar-refractivity contribution < 1.29 is 28.6 Å². The molecule has 160 valence electrons. The summed E-state index contributed by atoms with van der Waals surface area (Å²) < 4.78 is 15.1. The summed E-state index contributed by atoms with van der Waals surface area (Å²) in [6, 6.07) is 10.8. The van der Waals surface area contributed by atoms with Crippen molar-refractivity contribution in [3.8, 4) is 11.5 Å². The maximum absolute atomic E-state index is 12.3. The Morgan fingerprint density at radius 2 is 1.68 bits per heavy atom. The second-order valence-electron chi connectivity index (χ2n) is 6.10. The molecule has 0 aliphatic rings. The highest BCUT2D eigenvalue weighted by Crippen LogP contribution is 2.27. The summed E-state index contributed by atoms with van der Waals surface area (Å²) in [6.07, 6.45) is 0. The van der Waals surface area contributed by atoms with Crippen molar-refractivity contribution >= 4 is 28.6 Å². The summed E-state index contributed by atoms with van der Waals surface area (Å²) in [5, 5.41) is 6.45. The molecule has 31 heavy (non-hydrogen) atoms. The van der Waals surface area contributed by atoms with Gasteiger partial charge in [-0.1, -0.05) is 18.2 Å². The van der Waals surface area contributed by atoms with E-state index in [1.165, 1.54) is 38.5 Å². The predicted molar refractivity (Wildman–Crippen MR) is 108 cm³/mol. The van der Waals surface area contributed by atoms with Crippen LogP contribution in [0.5, 0.6) is 11.5 Å². The SMILES string of the molecule is COc1ccc(C(=O)NNC(=O)COC(=O)c2n[nH]c(=O)c3ccccc23)cc1OC. The lowest BCUT2D eigenvalue weighted by Gasteiger charge is -2.11. The molecular weight excluding hydrogens is 408 g/mol. The molecule has 3 rings (SSSR count). The van der Waals surface area contributed by atoms with Gasteiger partial charge in [-0.2, -0.15) is 5.10 Å². The number of benzene rings is 2. The lowest BCUT2D eigenvalue weighted by Crippen LogP contribution is -2.43. The third kappa shape index (κ3) is 4.78. The van der Waals surface area contributed by atoms with Crippen LogP contribution in [0.25, 0.3) is 10.8 Å². The Kier molecular flexibility index (Phi) is 6.45. The number of amides is 2. The summed E-state index contributed by atoms with van der Waals surface area (Å²) in [5.41, 5.74) is 3.94. The number of hydrogen-bond donors (Lipinski definition) is 3. The lowest BCUT2D eigenvalue weighted by molar-refractivity contribution is -0.125. The Hall–Kier alpha value is -4.41. The smallest absolute Gasteiger partial charge is 0.359 e. The zero-order chi connectivity index (χ0) is 22.4. The van der Waals surface area contributed by atoms with E-state index in [2.05, 4.69) is 21.0 Å². The van der Waals surface area contributed by atoms with Gasteiger partial charge in [0.25, 0.3) is 17.4 Å². The van der Waals surface area contributed by atoms with Gasteiger partial charge in [0.2, 0.25) is 0 Å². The molecule has 0 aliphatic carbocycles. The zero-order valence-electron chi connectivity index (χ0n) is 16.6. The monoisotopic (exact) mass is 426 g/mol. The maximum Gasteiger partial charge on any atom is 0.359 e. The standard InChI is InChI=1S/C20H18N4O7/c1-29-14-8-7-11(9-15(14)30-2)18(26)23-21-16(25)10-31-20(28)17-12-5-3-4-6-13(12)19(27)24-22-17/h3-9H,10H2,1-2H3,(H,21,25)(H,23,26)(H,24,27). The molecule has 0 fully saturated rings. The van der Waals surface area contributed by atoms with Gasteiger partial charge in [0.15, 0.2) is 23.8 Å². The molecule has 3 aromatic rings. The molecule has 0 aliphatic heterocycles. The van der Waals surface area contributed by atoms with Gasteiger partial charge in [-0.05, 0) is 24.3 Å². The number of hydrazine groups is 1. The number of ether oxygens (including phenoxy) is 3. The number of aromatic nitrogens is 2. The topological polar surface area (TPSA) is 149 Å². The van der Waals surface area contributed by atoms with Gasteiger partial charge in [0, 0.05) is 10.9 Å².